The van der Waals surface area contributed by atoms with Gasteiger partial charge in [-0.2, -0.15) is 0 Å². The van der Waals surface area contributed by atoms with Gasteiger partial charge in [0.15, 0.2) is 9.84 Å². The van der Waals surface area contributed by atoms with E-state index in [1.54, 1.807) is 25.1 Å². The molecule has 0 spiro atoms. The van der Waals surface area contributed by atoms with E-state index in [-0.39, 0.29) is 28.6 Å². The van der Waals surface area contributed by atoms with E-state index in [0.717, 1.165) is 11.8 Å². The number of anilines is 1. The van der Waals surface area contributed by atoms with Crippen LogP contribution in [0.3, 0.4) is 0 Å². The average Bonchev–Trinajstić information content (AvgIpc) is 3.17. The first-order chi connectivity index (χ1) is 12.7. The summed E-state index contributed by atoms with van der Waals surface area (Å²) in [5.74, 6) is 0.447. The van der Waals surface area contributed by atoms with Crippen LogP contribution in [-0.4, -0.2) is 41.3 Å². The predicted octanol–water partition coefficient (Wildman–Crippen LogP) is 3.47. The summed E-state index contributed by atoms with van der Waals surface area (Å²) in [6, 6.07) is 4.80. The van der Waals surface area contributed by atoms with Crippen LogP contribution in [0.25, 0.3) is 0 Å². The Hall–Kier alpha value is -1.29. The summed E-state index contributed by atoms with van der Waals surface area (Å²) < 4.78 is 28.6. The number of hydrogen-bond donors (Lipinski definition) is 1. The maximum absolute atomic E-state index is 12.3. The highest BCUT2D eigenvalue weighted by Gasteiger charge is 2.29. The van der Waals surface area contributed by atoms with Crippen LogP contribution < -0.4 is 5.32 Å². The largest absolute Gasteiger partial charge is 0.416 e. The Balaban J connectivity index is 1.56. The van der Waals surface area contributed by atoms with Gasteiger partial charge in [0, 0.05) is 11.4 Å². The number of thioether (sulfide) groups is 1. The van der Waals surface area contributed by atoms with Crippen LogP contribution in [0.5, 0.6) is 0 Å². The number of carbonyl (C=O) groups excluding carboxylic acids is 1. The van der Waals surface area contributed by atoms with E-state index in [4.69, 9.17) is 27.6 Å². The molecule has 1 N–H and O–H groups in total. The molecule has 2 aromatic rings. The number of aromatic nitrogens is 2. The minimum Gasteiger partial charge on any atom is -0.416 e. The van der Waals surface area contributed by atoms with Gasteiger partial charge in [-0.3, -0.25) is 4.79 Å². The molecule has 1 aliphatic heterocycles. The van der Waals surface area contributed by atoms with Gasteiger partial charge in [-0.15, -0.1) is 10.2 Å². The monoisotopic (exact) mass is 449 g/mol. The molecular formula is C16H17Cl2N3O4S2. The lowest BCUT2D eigenvalue weighted by molar-refractivity contribution is -0.115. The quantitative estimate of drug-likeness (QED) is 0.673. The third kappa shape index (κ3) is 5.60. The van der Waals surface area contributed by atoms with Crippen molar-refractivity contribution in [1.82, 2.24) is 10.2 Å². The molecule has 1 aromatic carbocycles. The number of nitrogens with one attached hydrogen (secondary N) is 1. The van der Waals surface area contributed by atoms with E-state index >= 15 is 0 Å². The SMILES string of the molecule is C[C@@H](Sc1nnc(C[C@H]2CCS(=O)(=O)C2)o1)C(=O)Nc1cc(Cl)ccc1Cl. The van der Waals surface area contributed by atoms with Crippen LogP contribution >= 0.6 is 35.0 Å². The van der Waals surface area contributed by atoms with E-state index in [0.29, 0.717) is 34.5 Å². The molecule has 1 fully saturated rings. The van der Waals surface area contributed by atoms with Crippen molar-refractivity contribution in [2.45, 2.75) is 30.2 Å². The van der Waals surface area contributed by atoms with Gasteiger partial charge in [-0.1, -0.05) is 35.0 Å². The van der Waals surface area contributed by atoms with Crippen LogP contribution in [0.4, 0.5) is 5.69 Å². The second-order valence-corrected chi connectivity index (χ2v) is 10.7. The Morgan fingerprint density at radius 2 is 2.19 bits per heavy atom. The van der Waals surface area contributed by atoms with Gasteiger partial charge in [-0.25, -0.2) is 8.42 Å². The third-order valence-electron chi connectivity index (χ3n) is 4.07. The maximum atomic E-state index is 12.3. The van der Waals surface area contributed by atoms with Crippen molar-refractivity contribution in [3.05, 3.63) is 34.1 Å². The molecule has 146 valence electrons. The molecule has 11 heteroatoms. The van der Waals surface area contributed by atoms with E-state index in [2.05, 4.69) is 15.5 Å². The van der Waals surface area contributed by atoms with E-state index in [1.165, 1.54) is 0 Å². The molecule has 0 unspecified atom stereocenters. The van der Waals surface area contributed by atoms with Crippen LogP contribution in [-0.2, 0) is 21.1 Å². The van der Waals surface area contributed by atoms with Crippen molar-refractivity contribution >= 4 is 56.4 Å². The van der Waals surface area contributed by atoms with Crippen molar-refractivity contribution in [3.8, 4) is 0 Å². The topological polar surface area (TPSA) is 102 Å². The number of benzene rings is 1. The molecule has 0 bridgehead atoms. The number of hydrogen-bond acceptors (Lipinski definition) is 7. The summed E-state index contributed by atoms with van der Waals surface area (Å²) >= 11 is 13.1. The number of amides is 1. The number of halogens is 2. The average molecular weight is 450 g/mol. The number of sulfone groups is 1. The summed E-state index contributed by atoms with van der Waals surface area (Å²) in [5.41, 5.74) is 0.426. The van der Waals surface area contributed by atoms with E-state index in [9.17, 15) is 13.2 Å². The Morgan fingerprint density at radius 1 is 1.41 bits per heavy atom. The van der Waals surface area contributed by atoms with Crippen LogP contribution in [0.1, 0.15) is 19.2 Å². The first-order valence-electron chi connectivity index (χ1n) is 8.17. The molecule has 0 saturated carbocycles. The summed E-state index contributed by atoms with van der Waals surface area (Å²) in [6.45, 7) is 1.70. The van der Waals surface area contributed by atoms with Gasteiger partial charge in [0.2, 0.25) is 11.8 Å². The minimum absolute atomic E-state index is 0.000932. The zero-order valence-electron chi connectivity index (χ0n) is 14.3. The molecule has 2 atom stereocenters. The van der Waals surface area contributed by atoms with Crippen molar-refractivity contribution in [3.63, 3.8) is 0 Å². The van der Waals surface area contributed by atoms with Crippen molar-refractivity contribution in [2.24, 2.45) is 5.92 Å². The molecule has 2 heterocycles. The Bertz CT molecular complexity index is 949. The Kier molecular flexibility index (Phi) is 6.35. The first kappa shape index (κ1) is 20.4. The Morgan fingerprint density at radius 3 is 2.89 bits per heavy atom. The molecule has 0 radical (unpaired) electrons. The first-order valence-corrected chi connectivity index (χ1v) is 11.6. The van der Waals surface area contributed by atoms with Gasteiger partial charge in [0.05, 0.1) is 27.5 Å². The standard InChI is InChI=1S/C16H17Cl2N3O4S2/c1-9(15(22)19-13-7-11(17)2-3-12(13)18)26-16-21-20-14(25-16)6-10-4-5-27(23,24)8-10/h2-3,7,9-10H,4-6,8H2,1H3,(H,19,22)/t9-,10-/m1/s1. The second-order valence-electron chi connectivity index (χ2n) is 6.31. The Labute approximate surface area is 171 Å². The zero-order valence-corrected chi connectivity index (χ0v) is 17.5. The maximum Gasteiger partial charge on any atom is 0.277 e. The minimum atomic E-state index is -2.94. The highest BCUT2D eigenvalue weighted by Crippen LogP contribution is 2.29. The summed E-state index contributed by atoms with van der Waals surface area (Å²) in [7, 11) is -2.94. The van der Waals surface area contributed by atoms with Crippen molar-refractivity contribution < 1.29 is 17.6 Å². The van der Waals surface area contributed by atoms with Gasteiger partial charge >= 0.3 is 0 Å². The molecule has 1 saturated heterocycles. The van der Waals surface area contributed by atoms with Crippen LogP contribution in [0.15, 0.2) is 27.8 Å². The molecule has 0 aliphatic carbocycles. The predicted molar refractivity (Wildman–Crippen MR) is 105 cm³/mol. The molecule has 1 aliphatic rings. The van der Waals surface area contributed by atoms with Crippen molar-refractivity contribution in [2.75, 3.05) is 16.8 Å². The molecule has 3 rings (SSSR count). The van der Waals surface area contributed by atoms with Gasteiger partial charge in [-0.05, 0) is 37.5 Å². The number of nitrogens with zero attached hydrogens (tertiary/aromatic N) is 2. The number of carbonyl (C=O) groups is 1. The smallest absolute Gasteiger partial charge is 0.277 e. The lowest BCUT2D eigenvalue weighted by atomic mass is 10.1. The zero-order chi connectivity index (χ0) is 19.6. The summed E-state index contributed by atoms with van der Waals surface area (Å²) in [6.07, 6.45) is 1.03. The highest BCUT2D eigenvalue weighted by molar-refractivity contribution is 8.00. The molecule has 27 heavy (non-hydrogen) atoms. The highest BCUT2D eigenvalue weighted by atomic mass is 35.5. The molecule has 1 aromatic heterocycles. The molecule has 1 amide bonds. The lowest BCUT2D eigenvalue weighted by Crippen LogP contribution is -2.22. The number of rotatable bonds is 6. The lowest BCUT2D eigenvalue weighted by Gasteiger charge is -2.11. The van der Waals surface area contributed by atoms with Crippen molar-refractivity contribution in [1.29, 1.82) is 0 Å². The molecule has 7 nitrogen and oxygen atoms in total. The third-order valence-corrected chi connectivity index (χ3v) is 7.41. The van der Waals surface area contributed by atoms with Gasteiger partial charge < -0.3 is 9.73 Å². The fourth-order valence-corrected chi connectivity index (χ4v) is 5.58. The fraction of sp³-hybridized carbons (Fsp3) is 0.438. The van der Waals surface area contributed by atoms with Gasteiger partial charge in [0.25, 0.3) is 5.22 Å². The summed E-state index contributed by atoms with van der Waals surface area (Å²) in [5, 5.41) is 11.2. The second kappa shape index (κ2) is 8.38. The molecular weight excluding hydrogens is 433 g/mol. The van der Waals surface area contributed by atoms with E-state index < -0.39 is 15.1 Å². The summed E-state index contributed by atoms with van der Waals surface area (Å²) in [4.78, 5) is 12.3. The van der Waals surface area contributed by atoms with Gasteiger partial charge in [0.1, 0.15) is 0 Å². The van der Waals surface area contributed by atoms with Crippen LogP contribution in [0, 0.1) is 5.92 Å². The normalized spacial score (nSPS) is 19.7. The van der Waals surface area contributed by atoms with Crippen LogP contribution in [0.2, 0.25) is 10.0 Å². The fourth-order valence-electron chi connectivity index (χ4n) is 2.68. The van der Waals surface area contributed by atoms with E-state index in [1.807, 2.05) is 0 Å².